The first-order valence-electron chi connectivity index (χ1n) is 6.44. The predicted octanol–water partition coefficient (Wildman–Crippen LogP) is 3.16. The van der Waals surface area contributed by atoms with Crippen molar-refractivity contribution >= 4 is 12.4 Å². The average Bonchev–Trinajstić information content (AvgIpc) is 2.68. The molecule has 0 amide bonds. The molecular weight excluding hydrogens is 253 g/mol. The first kappa shape index (κ1) is 13.6. The van der Waals surface area contributed by atoms with Gasteiger partial charge in [-0.1, -0.05) is 12.1 Å². The average molecular weight is 272 g/mol. The molecule has 2 aliphatic heterocycles. The van der Waals surface area contributed by atoms with Gasteiger partial charge in [0.25, 0.3) is 0 Å². The second-order valence-electron chi connectivity index (χ2n) is 5.22. The number of hydrogen-bond acceptors (Lipinski definition) is 2. The van der Waals surface area contributed by atoms with Crippen molar-refractivity contribution in [3.63, 3.8) is 0 Å². The SMILES string of the molecule is Cl.Fc1ccccc1OCC1CC2CCC(C1)N2. The highest BCUT2D eigenvalue weighted by atomic mass is 35.5. The number of halogens is 2. The molecule has 2 saturated heterocycles. The lowest BCUT2D eigenvalue weighted by atomic mass is 9.93. The highest BCUT2D eigenvalue weighted by Crippen LogP contribution is 2.31. The second kappa shape index (κ2) is 5.89. The third kappa shape index (κ3) is 2.96. The van der Waals surface area contributed by atoms with Crippen molar-refractivity contribution in [2.24, 2.45) is 5.92 Å². The van der Waals surface area contributed by atoms with Crippen LogP contribution in [0, 0.1) is 11.7 Å². The van der Waals surface area contributed by atoms with Gasteiger partial charge in [0.2, 0.25) is 0 Å². The fourth-order valence-corrected chi connectivity index (χ4v) is 3.08. The first-order chi connectivity index (χ1) is 8.31. The molecule has 0 aliphatic carbocycles. The zero-order chi connectivity index (χ0) is 11.7. The summed E-state index contributed by atoms with van der Waals surface area (Å²) >= 11 is 0. The predicted molar refractivity (Wildman–Crippen MR) is 71.8 cm³/mol. The number of piperidine rings is 1. The van der Waals surface area contributed by atoms with Gasteiger partial charge in [-0.3, -0.25) is 0 Å². The van der Waals surface area contributed by atoms with Gasteiger partial charge in [0.15, 0.2) is 11.6 Å². The first-order valence-corrected chi connectivity index (χ1v) is 6.44. The van der Waals surface area contributed by atoms with E-state index >= 15 is 0 Å². The Balaban J connectivity index is 0.00000120. The zero-order valence-corrected chi connectivity index (χ0v) is 11.1. The highest BCUT2D eigenvalue weighted by Gasteiger charge is 2.33. The van der Waals surface area contributed by atoms with Crippen LogP contribution in [0.1, 0.15) is 25.7 Å². The molecule has 0 aromatic heterocycles. The maximum atomic E-state index is 13.4. The molecule has 1 N–H and O–H groups in total. The molecule has 2 fully saturated rings. The Morgan fingerprint density at radius 3 is 2.50 bits per heavy atom. The van der Waals surface area contributed by atoms with Crippen LogP contribution >= 0.6 is 12.4 Å². The minimum Gasteiger partial charge on any atom is -0.490 e. The van der Waals surface area contributed by atoms with E-state index in [1.807, 2.05) is 6.07 Å². The molecule has 2 nitrogen and oxygen atoms in total. The van der Waals surface area contributed by atoms with Crippen molar-refractivity contribution in [2.45, 2.75) is 37.8 Å². The Bertz CT molecular complexity index is 389. The summed E-state index contributed by atoms with van der Waals surface area (Å²) in [5.41, 5.74) is 0. The van der Waals surface area contributed by atoms with Gasteiger partial charge in [-0.05, 0) is 43.7 Å². The minimum atomic E-state index is -0.260. The topological polar surface area (TPSA) is 21.3 Å². The van der Waals surface area contributed by atoms with Crippen molar-refractivity contribution in [2.75, 3.05) is 6.61 Å². The number of benzene rings is 1. The number of hydrogen-bond donors (Lipinski definition) is 1. The second-order valence-corrected chi connectivity index (χ2v) is 5.22. The summed E-state index contributed by atoms with van der Waals surface area (Å²) in [7, 11) is 0. The third-order valence-electron chi connectivity index (χ3n) is 3.88. The van der Waals surface area contributed by atoms with E-state index in [-0.39, 0.29) is 18.2 Å². The maximum Gasteiger partial charge on any atom is 0.165 e. The number of nitrogens with one attached hydrogen (secondary N) is 1. The van der Waals surface area contributed by atoms with Crippen LogP contribution in [0.2, 0.25) is 0 Å². The standard InChI is InChI=1S/C14H18FNO.ClH/c15-13-3-1-2-4-14(13)17-9-10-7-11-5-6-12(8-10)16-11;/h1-4,10-12,16H,5-9H2;1H. The molecule has 2 heterocycles. The molecule has 2 unspecified atom stereocenters. The summed E-state index contributed by atoms with van der Waals surface area (Å²) in [5, 5.41) is 3.60. The molecule has 3 rings (SSSR count). The molecule has 0 saturated carbocycles. The van der Waals surface area contributed by atoms with E-state index in [4.69, 9.17) is 4.74 Å². The molecule has 0 radical (unpaired) electrons. The van der Waals surface area contributed by atoms with E-state index in [0.29, 0.717) is 30.4 Å². The van der Waals surface area contributed by atoms with Gasteiger partial charge in [0, 0.05) is 12.1 Å². The number of fused-ring (bicyclic) bond motifs is 2. The Labute approximate surface area is 113 Å². The number of para-hydroxylation sites is 1. The Kier molecular flexibility index (Phi) is 4.46. The van der Waals surface area contributed by atoms with E-state index in [2.05, 4.69) is 5.32 Å². The van der Waals surface area contributed by atoms with Crippen LogP contribution in [-0.4, -0.2) is 18.7 Å². The molecule has 18 heavy (non-hydrogen) atoms. The van der Waals surface area contributed by atoms with Gasteiger partial charge in [0.05, 0.1) is 6.61 Å². The molecule has 0 spiro atoms. The van der Waals surface area contributed by atoms with Crippen molar-refractivity contribution in [3.05, 3.63) is 30.1 Å². The van der Waals surface area contributed by atoms with E-state index in [0.717, 1.165) is 0 Å². The lowest BCUT2D eigenvalue weighted by Gasteiger charge is -2.28. The summed E-state index contributed by atoms with van der Waals surface area (Å²) in [5.74, 6) is 0.705. The Morgan fingerprint density at radius 2 is 1.83 bits per heavy atom. The van der Waals surface area contributed by atoms with Crippen LogP contribution in [0.25, 0.3) is 0 Å². The van der Waals surface area contributed by atoms with Crippen LogP contribution in [0.5, 0.6) is 5.75 Å². The Hall–Kier alpha value is -0.800. The molecule has 2 atom stereocenters. The smallest absolute Gasteiger partial charge is 0.165 e. The lowest BCUT2D eigenvalue weighted by Crippen LogP contribution is -2.39. The van der Waals surface area contributed by atoms with Crippen LogP contribution in [-0.2, 0) is 0 Å². The molecule has 4 heteroatoms. The molecule has 2 bridgehead atoms. The summed E-state index contributed by atoms with van der Waals surface area (Å²) in [6, 6.07) is 7.98. The van der Waals surface area contributed by atoms with Gasteiger partial charge in [-0.15, -0.1) is 12.4 Å². The summed E-state index contributed by atoms with van der Waals surface area (Å²) < 4.78 is 19.0. The van der Waals surface area contributed by atoms with Crippen molar-refractivity contribution < 1.29 is 9.13 Å². The third-order valence-corrected chi connectivity index (χ3v) is 3.88. The molecule has 1 aromatic rings. The van der Waals surface area contributed by atoms with Gasteiger partial charge in [-0.25, -0.2) is 4.39 Å². The van der Waals surface area contributed by atoms with Crippen LogP contribution < -0.4 is 10.1 Å². The zero-order valence-electron chi connectivity index (χ0n) is 10.3. The lowest BCUT2D eigenvalue weighted by molar-refractivity contribution is 0.185. The summed E-state index contributed by atoms with van der Waals surface area (Å²) in [4.78, 5) is 0. The van der Waals surface area contributed by atoms with Crippen molar-refractivity contribution in [1.82, 2.24) is 5.32 Å². The van der Waals surface area contributed by atoms with Gasteiger partial charge < -0.3 is 10.1 Å². The normalized spacial score (nSPS) is 29.7. The molecular formula is C14H19ClFNO. The van der Waals surface area contributed by atoms with Crippen LogP contribution in [0.15, 0.2) is 24.3 Å². The fourth-order valence-electron chi connectivity index (χ4n) is 3.08. The number of ether oxygens (including phenoxy) is 1. The highest BCUT2D eigenvalue weighted by molar-refractivity contribution is 5.85. The molecule has 2 aliphatic rings. The van der Waals surface area contributed by atoms with E-state index in [9.17, 15) is 4.39 Å². The summed E-state index contributed by atoms with van der Waals surface area (Å²) in [6.07, 6.45) is 4.93. The van der Waals surface area contributed by atoms with E-state index in [1.165, 1.54) is 31.7 Å². The Morgan fingerprint density at radius 1 is 1.17 bits per heavy atom. The van der Waals surface area contributed by atoms with Crippen LogP contribution in [0.4, 0.5) is 4.39 Å². The van der Waals surface area contributed by atoms with E-state index in [1.54, 1.807) is 12.1 Å². The minimum absolute atomic E-state index is 0. The van der Waals surface area contributed by atoms with Gasteiger partial charge in [-0.2, -0.15) is 0 Å². The van der Waals surface area contributed by atoms with Crippen molar-refractivity contribution in [1.29, 1.82) is 0 Å². The fraction of sp³-hybridized carbons (Fsp3) is 0.571. The molecule has 1 aromatic carbocycles. The molecule has 100 valence electrons. The van der Waals surface area contributed by atoms with Gasteiger partial charge >= 0.3 is 0 Å². The largest absolute Gasteiger partial charge is 0.490 e. The summed E-state index contributed by atoms with van der Waals surface area (Å²) in [6.45, 7) is 0.648. The number of rotatable bonds is 3. The van der Waals surface area contributed by atoms with E-state index < -0.39 is 0 Å². The monoisotopic (exact) mass is 271 g/mol. The van der Waals surface area contributed by atoms with Crippen molar-refractivity contribution in [3.8, 4) is 5.75 Å². The quantitative estimate of drug-likeness (QED) is 0.912. The van der Waals surface area contributed by atoms with Crippen LogP contribution in [0.3, 0.4) is 0 Å². The maximum absolute atomic E-state index is 13.4. The van der Waals surface area contributed by atoms with Gasteiger partial charge in [0.1, 0.15) is 0 Å².